The lowest BCUT2D eigenvalue weighted by Gasteiger charge is -2.36. The molecule has 1 fully saturated rings. The van der Waals surface area contributed by atoms with Crippen molar-refractivity contribution in [3.8, 4) is 0 Å². The van der Waals surface area contributed by atoms with E-state index in [1.165, 1.54) is 4.90 Å². The van der Waals surface area contributed by atoms with E-state index in [-0.39, 0.29) is 6.61 Å². The van der Waals surface area contributed by atoms with Crippen molar-refractivity contribution in [2.45, 2.75) is 15.8 Å². The van der Waals surface area contributed by atoms with Gasteiger partial charge in [-0.1, -0.05) is 42.1 Å². The quantitative estimate of drug-likeness (QED) is 0.494. The highest BCUT2D eigenvalue weighted by atomic mass is 32.2. The van der Waals surface area contributed by atoms with Crippen LogP contribution in [-0.2, 0) is 23.8 Å². The third-order valence-corrected chi connectivity index (χ3v) is 6.96. The molecular formula is C25H25N3O6S. The molecule has 3 aliphatic heterocycles. The first-order chi connectivity index (χ1) is 17.0. The number of ether oxygens (including phenoxy) is 3. The van der Waals surface area contributed by atoms with Gasteiger partial charge in [0.1, 0.15) is 5.84 Å². The number of carbonyl (C=O) groups excluding carboxylic acids is 2. The Hall–Kier alpha value is -3.18. The summed E-state index contributed by atoms with van der Waals surface area (Å²) in [6, 6.07) is 16.6. The van der Waals surface area contributed by atoms with Gasteiger partial charge in [-0.3, -0.25) is 4.90 Å². The van der Waals surface area contributed by atoms with Gasteiger partial charge in [0.15, 0.2) is 6.61 Å². The Balaban J connectivity index is 1.16. The van der Waals surface area contributed by atoms with Gasteiger partial charge in [0.05, 0.1) is 12.3 Å². The van der Waals surface area contributed by atoms with E-state index >= 15 is 0 Å². The van der Waals surface area contributed by atoms with Gasteiger partial charge in [-0.15, -0.1) is 0 Å². The summed E-state index contributed by atoms with van der Waals surface area (Å²) in [5.74, 6) is -3.18. The zero-order chi connectivity index (χ0) is 24.3. The first-order valence-electron chi connectivity index (χ1n) is 11.4. The summed E-state index contributed by atoms with van der Waals surface area (Å²) in [6.07, 6.45) is 1.79. The van der Waals surface area contributed by atoms with E-state index < -0.39 is 24.5 Å². The number of amidine groups is 1. The number of esters is 2. The van der Waals surface area contributed by atoms with Crippen molar-refractivity contribution in [3.63, 3.8) is 0 Å². The van der Waals surface area contributed by atoms with Crippen molar-refractivity contribution in [1.82, 2.24) is 9.80 Å². The lowest BCUT2D eigenvalue weighted by Crippen LogP contribution is -2.50. The molecule has 0 radical (unpaired) electrons. The standard InChI is InChI=1S/C25H25N3O6S/c29-22-9-10-23(30)34-25(31,33-22)17-32-16-15-27-11-13-28(14-12-27)24-18-5-1-3-7-20(18)35-21-8-4-2-6-19(21)26-24/h1-10,31H,11-17H2. The molecule has 3 aliphatic rings. The summed E-state index contributed by atoms with van der Waals surface area (Å²) < 4.78 is 14.9. The number of hydrogen-bond donors (Lipinski definition) is 1. The minimum Gasteiger partial charge on any atom is -0.393 e. The van der Waals surface area contributed by atoms with E-state index in [1.807, 2.05) is 18.2 Å². The van der Waals surface area contributed by atoms with Crippen LogP contribution in [0.3, 0.4) is 0 Å². The fourth-order valence-electron chi connectivity index (χ4n) is 4.09. The normalized spacial score (nSPS) is 19.6. The molecule has 9 nitrogen and oxygen atoms in total. The molecule has 0 unspecified atom stereocenters. The average Bonchev–Trinajstić information content (AvgIpc) is 3.10. The second-order valence-electron chi connectivity index (χ2n) is 8.27. The van der Waals surface area contributed by atoms with Crippen LogP contribution >= 0.6 is 11.8 Å². The van der Waals surface area contributed by atoms with Crippen molar-refractivity contribution in [2.75, 3.05) is 45.9 Å². The van der Waals surface area contributed by atoms with E-state index in [4.69, 9.17) is 19.2 Å². The summed E-state index contributed by atoms with van der Waals surface area (Å²) in [7, 11) is 0. The largest absolute Gasteiger partial charge is 0.398 e. The smallest absolute Gasteiger partial charge is 0.393 e. The summed E-state index contributed by atoms with van der Waals surface area (Å²) in [4.78, 5) is 34.9. The van der Waals surface area contributed by atoms with E-state index in [9.17, 15) is 14.7 Å². The second-order valence-corrected chi connectivity index (χ2v) is 9.35. The third kappa shape index (κ3) is 5.57. The number of carbonyl (C=O) groups is 2. The van der Waals surface area contributed by atoms with E-state index in [0.717, 1.165) is 60.3 Å². The maximum absolute atomic E-state index is 11.5. The molecule has 5 rings (SSSR count). The number of piperazine rings is 1. The molecule has 0 saturated carbocycles. The summed E-state index contributed by atoms with van der Waals surface area (Å²) in [6.45, 7) is 3.69. The van der Waals surface area contributed by atoms with Crippen LogP contribution in [-0.4, -0.2) is 84.6 Å². The number of benzene rings is 2. The van der Waals surface area contributed by atoms with Gasteiger partial charge in [0.2, 0.25) is 0 Å². The Labute approximate surface area is 207 Å². The van der Waals surface area contributed by atoms with Crippen molar-refractivity contribution in [3.05, 3.63) is 66.2 Å². The molecule has 35 heavy (non-hydrogen) atoms. The summed E-state index contributed by atoms with van der Waals surface area (Å²) in [5, 5.41) is 10.2. The number of nitrogens with zero attached hydrogens (tertiary/aromatic N) is 3. The molecule has 0 aromatic heterocycles. The van der Waals surface area contributed by atoms with Crippen LogP contribution in [0.2, 0.25) is 0 Å². The third-order valence-electron chi connectivity index (χ3n) is 5.82. The number of hydrogen-bond acceptors (Lipinski definition) is 10. The van der Waals surface area contributed by atoms with Gasteiger partial charge in [0, 0.05) is 60.2 Å². The molecule has 2 aromatic carbocycles. The number of para-hydroxylation sites is 1. The van der Waals surface area contributed by atoms with Gasteiger partial charge < -0.3 is 24.2 Å². The van der Waals surface area contributed by atoms with E-state index in [0.29, 0.717) is 6.54 Å². The molecule has 2 aromatic rings. The van der Waals surface area contributed by atoms with Crippen molar-refractivity contribution >= 4 is 35.2 Å². The van der Waals surface area contributed by atoms with Crippen LogP contribution in [0.4, 0.5) is 5.69 Å². The van der Waals surface area contributed by atoms with Crippen LogP contribution in [0.5, 0.6) is 0 Å². The van der Waals surface area contributed by atoms with E-state index in [2.05, 4.69) is 40.1 Å². The Bertz CT molecular complexity index is 1160. The molecule has 1 N–H and O–H groups in total. The van der Waals surface area contributed by atoms with Gasteiger partial charge in [-0.25, -0.2) is 14.6 Å². The average molecular weight is 496 g/mol. The van der Waals surface area contributed by atoms with Crippen LogP contribution in [0.1, 0.15) is 5.56 Å². The van der Waals surface area contributed by atoms with Crippen LogP contribution in [0.15, 0.2) is 75.5 Å². The minimum atomic E-state index is -2.42. The summed E-state index contributed by atoms with van der Waals surface area (Å²) in [5.41, 5.74) is 2.12. The number of fused-ring (bicyclic) bond motifs is 2. The fourth-order valence-corrected chi connectivity index (χ4v) is 5.10. The Morgan fingerprint density at radius 2 is 1.60 bits per heavy atom. The van der Waals surface area contributed by atoms with Crippen molar-refractivity contribution < 1.29 is 28.9 Å². The van der Waals surface area contributed by atoms with Gasteiger partial charge in [-0.2, -0.15) is 0 Å². The molecule has 182 valence electrons. The molecule has 0 amide bonds. The predicted molar refractivity (Wildman–Crippen MR) is 128 cm³/mol. The predicted octanol–water partition coefficient (Wildman–Crippen LogP) is 2.17. The van der Waals surface area contributed by atoms with Gasteiger partial charge in [-0.05, 0) is 18.2 Å². The first-order valence-corrected chi connectivity index (χ1v) is 12.2. The highest BCUT2D eigenvalue weighted by Gasteiger charge is 2.38. The van der Waals surface area contributed by atoms with Crippen LogP contribution in [0.25, 0.3) is 0 Å². The molecule has 0 aliphatic carbocycles. The molecule has 1 saturated heterocycles. The van der Waals surface area contributed by atoms with Crippen molar-refractivity contribution in [2.24, 2.45) is 4.99 Å². The Kier molecular flexibility index (Phi) is 6.87. The van der Waals surface area contributed by atoms with Crippen LogP contribution in [0, 0.1) is 0 Å². The Morgan fingerprint density at radius 3 is 2.34 bits per heavy atom. The highest BCUT2D eigenvalue weighted by Crippen LogP contribution is 2.40. The molecule has 3 heterocycles. The van der Waals surface area contributed by atoms with Gasteiger partial charge >= 0.3 is 17.9 Å². The zero-order valence-electron chi connectivity index (χ0n) is 19.0. The first kappa shape index (κ1) is 23.6. The van der Waals surface area contributed by atoms with E-state index in [1.54, 1.807) is 11.8 Å². The SMILES string of the molecule is O=C1C=CC(=O)OC(O)(COCCN2CCN(C3=Nc4ccccc4Sc4ccccc43)CC2)O1. The minimum absolute atomic E-state index is 0.276. The van der Waals surface area contributed by atoms with Crippen LogP contribution < -0.4 is 0 Å². The molecule has 0 atom stereocenters. The lowest BCUT2D eigenvalue weighted by atomic mass is 10.1. The molecule has 10 heteroatoms. The maximum atomic E-state index is 11.5. The fraction of sp³-hybridized carbons (Fsp3) is 0.320. The topological polar surface area (TPSA) is 101 Å². The zero-order valence-corrected chi connectivity index (χ0v) is 19.8. The molecule has 0 bridgehead atoms. The Morgan fingerprint density at radius 1 is 0.943 bits per heavy atom. The second kappa shape index (κ2) is 10.2. The molecular weight excluding hydrogens is 470 g/mol. The molecule has 0 spiro atoms. The lowest BCUT2D eigenvalue weighted by molar-refractivity contribution is -0.336. The number of rotatable bonds is 5. The van der Waals surface area contributed by atoms with Crippen molar-refractivity contribution in [1.29, 1.82) is 0 Å². The number of aliphatic hydroxyl groups is 1. The number of cyclic esters (lactones) is 2. The van der Waals surface area contributed by atoms with Gasteiger partial charge in [0.25, 0.3) is 0 Å². The summed E-state index contributed by atoms with van der Waals surface area (Å²) >= 11 is 1.74. The monoisotopic (exact) mass is 495 g/mol. The number of aliphatic imine (C=N–C) groups is 1. The highest BCUT2D eigenvalue weighted by molar-refractivity contribution is 7.99. The maximum Gasteiger partial charge on any atom is 0.398 e.